The normalized spacial score (nSPS) is 10.6. The molecule has 0 saturated heterocycles. The topological polar surface area (TPSA) is 21.3 Å². The molecule has 1 heterocycles. The smallest absolute Gasteiger partial charge is 0.142 e. The van der Waals surface area contributed by atoms with E-state index in [0.29, 0.717) is 11.6 Å². The molecule has 0 aliphatic heterocycles. The molecule has 0 saturated carbocycles. The highest BCUT2D eigenvalue weighted by atomic mass is 79.9. The summed E-state index contributed by atoms with van der Waals surface area (Å²) in [5, 5.41) is 4.11. The molecule has 0 spiro atoms. The van der Waals surface area contributed by atoms with E-state index in [-0.39, 0.29) is 0 Å². The summed E-state index contributed by atoms with van der Waals surface area (Å²) in [4.78, 5) is 2.56. The Hall–Kier alpha value is -0.710. The maximum Gasteiger partial charge on any atom is 0.142 e. The van der Waals surface area contributed by atoms with Gasteiger partial charge < -0.3 is 10.1 Å². The second kappa shape index (κ2) is 7.34. The molecule has 0 fully saturated rings. The number of halogens is 2. The van der Waals surface area contributed by atoms with Crippen molar-refractivity contribution in [2.75, 3.05) is 11.9 Å². The first kappa shape index (κ1) is 15.7. The fraction of sp³-hybridized carbons (Fsp3) is 0.333. The van der Waals surface area contributed by atoms with Gasteiger partial charge in [-0.2, -0.15) is 0 Å². The highest BCUT2D eigenvalue weighted by molar-refractivity contribution is 9.10. The van der Waals surface area contributed by atoms with Crippen LogP contribution in [0, 0.1) is 6.92 Å². The number of hydrogen-bond acceptors (Lipinski definition) is 3. The van der Waals surface area contributed by atoms with E-state index in [1.54, 1.807) is 11.3 Å². The third-order valence-corrected chi connectivity index (χ3v) is 5.14. The van der Waals surface area contributed by atoms with Crippen LogP contribution in [-0.4, -0.2) is 6.61 Å². The molecular weight excluding hydrogens is 358 g/mol. The van der Waals surface area contributed by atoms with Gasteiger partial charge in [-0.1, -0.05) is 18.5 Å². The molecule has 5 heteroatoms. The van der Waals surface area contributed by atoms with Gasteiger partial charge in [0.15, 0.2) is 0 Å². The number of anilines is 1. The van der Waals surface area contributed by atoms with Gasteiger partial charge in [-0.15, -0.1) is 11.3 Å². The van der Waals surface area contributed by atoms with Gasteiger partial charge in [0.2, 0.25) is 0 Å². The Morgan fingerprint density at radius 3 is 2.80 bits per heavy atom. The lowest BCUT2D eigenvalue weighted by Gasteiger charge is -2.12. The van der Waals surface area contributed by atoms with Gasteiger partial charge in [0.1, 0.15) is 5.75 Å². The van der Waals surface area contributed by atoms with Gasteiger partial charge in [-0.05, 0) is 53.5 Å². The molecule has 108 valence electrons. The van der Waals surface area contributed by atoms with Crippen molar-refractivity contribution in [3.63, 3.8) is 0 Å². The molecule has 2 rings (SSSR count). The van der Waals surface area contributed by atoms with Crippen LogP contribution in [-0.2, 0) is 6.54 Å². The summed E-state index contributed by atoms with van der Waals surface area (Å²) in [6, 6.07) is 7.81. The van der Waals surface area contributed by atoms with Crippen molar-refractivity contribution in [1.29, 1.82) is 0 Å². The Balaban J connectivity index is 2.09. The number of benzene rings is 1. The number of ether oxygens (including phenoxy) is 1. The Morgan fingerprint density at radius 2 is 2.15 bits per heavy atom. The van der Waals surface area contributed by atoms with E-state index >= 15 is 0 Å². The summed E-state index contributed by atoms with van der Waals surface area (Å²) >= 11 is 11.4. The van der Waals surface area contributed by atoms with Gasteiger partial charge in [-0.3, -0.25) is 0 Å². The summed E-state index contributed by atoms with van der Waals surface area (Å²) in [5.74, 6) is 0.851. The Morgan fingerprint density at radius 1 is 1.35 bits per heavy atom. The molecule has 0 radical (unpaired) electrons. The monoisotopic (exact) mass is 373 g/mol. The molecule has 2 aromatic rings. The lowest BCUT2D eigenvalue weighted by Crippen LogP contribution is -2.02. The van der Waals surface area contributed by atoms with Crippen LogP contribution in [0.25, 0.3) is 0 Å². The van der Waals surface area contributed by atoms with E-state index in [9.17, 15) is 0 Å². The van der Waals surface area contributed by atoms with Crippen molar-refractivity contribution in [3.8, 4) is 5.75 Å². The maximum atomic E-state index is 6.06. The third-order valence-electron chi connectivity index (χ3n) is 2.76. The number of rotatable bonds is 6. The van der Waals surface area contributed by atoms with Gasteiger partial charge in [0.25, 0.3) is 0 Å². The highest BCUT2D eigenvalue weighted by Gasteiger charge is 2.07. The molecule has 0 amide bonds. The predicted octanol–water partition coefficient (Wildman–Crippen LogP) is 5.87. The largest absolute Gasteiger partial charge is 0.491 e. The number of aryl methyl sites for hydroxylation is 1. The van der Waals surface area contributed by atoms with E-state index in [0.717, 1.165) is 28.9 Å². The Kier molecular flexibility index (Phi) is 5.75. The van der Waals surface area contributed by atoms with Crippen molar-refractivity contribution in [2.24, 2.45) is 0 Å². The lowest BCUT2D eigenvalue weighted by atomic mass is 10.3. The summed E-state index contributed by atoms with van der Waals surface area (Å²) in [6.45, 7) is 5.67. The number of thiophene rings is 1. The SMILES string of the molecule is CCCOc1ccc(Cl)cc1NCc1cc(Br)c(C)s1. The first-order chi connectivity index (χ1) is 9.60. The third kappa shape index (κ3) is 4.14. The van der Waals surface area contributed by atoms with E-state index in [4.69, 9.17) is 16.3 Å². The first-order valence-corrected chi connectivity index (χ1v) is 8.50. The number of hydrogen-bond donors (Lipinski definition) is 1. The second-order valence-corrected chi connectivity index (χ2v) is 7.09. The zero-order chi connectivity index (χ0) is 14.5. The molecule has 1 aromatic heterocycles. The highest BCUT2D eigenvalue weighted by Crippen LogP contribution is 2.31. The summed E-state index contributed by atoms with van der Waals surface area (Å²) < 4.78 is 6.89. The maximum absolute atomic E-state index is 6.06. The number of nitrogens with one attached hydrogen (secondary N) is 1. The Bertz CT molecular complexity index is 566. The fourth-order valence-electron chi connectivity index (χ4n) is 1.77. The molecule has 1 N–H and O–H groups in total. The summed E-state index contributed by atoms with van der Waals surface area (Å²) in [7, 11) is 0. The first-order valence-electron chi connectivity index (χ1n) is 6.51. The van der Waals surface area contributed by atoms with Crippen LogP contribution < -0.4 is 10.1 Å². The minimum atomic E-state index is 0.708. The van der Waals surface area contributed by atoms with Crippen LogP contribution in [0.15, 0.2) is 28.7 Å². The molecule has 2 nitrogen and oxygen atoms in total. The van der Waals surface area contributed by atoms with Crippen molar-refractivity contribution < 1.29 is 4.74 Å². The molecule has 0 atom stereocenters. The van der Waals surface area contributed by atoms with Gasteiger partial charge in [-0.25, -0.2) is 0 Å². The zero-order valence-electron chi connectivity index (χ0n) is 11.5. The van der Waals surface area contributed by atoms with Crippen LogP contribution in [0.4, 0.5) is 5.69 Å². The van der Waals surface area contributed by atoms with E-state index in [2.05, 4.69) is 41.2 Å². The zero-order valence-corrected chi connectivity index (χ0v) is 14.7. The quantitative estimate of drug-likeness (QED) is 0.682. The average Bonchev–Trinajstić information content (AvgIpc) is 2.74. The molecule has 0 aliphatic rings. The van der Waals surface area contributed by atoms with Crippen LogP contribution >= 0.6 is 38.9 Å². The van der Waals surface area contributed by atoms with E-state index in [1.807, 2.05) is 18.2 Å². The fourth-order valence-corrected chi connectivity index (χ4v) is 3.48. The molecule has 0 unspecified atom stereocenters. The minimum Gasteiger partial charge on any atom is -0.491 e. The lowest BCUT2D eigenvalue weighted by molar-refractivity contribution is 0.319. The molecule has 20 heavy (non-hydrogen) atoms. The van der Waals surface area contributed by atoms with Crippen molar-refractivity contribution in [3.05, 3.63) is 43.5 Å². The van der Waals surface area contributed by atoms with Crippen molar-refractivity contribution >= 4 is 44.6 Å². The van der Waals surface area contributed by atoms with Crippen LogP contribution in [0.1, 0.15) is 23.1 Å². The molecule has 0 aliphatic carbocycles. The van der Waals surface area contributed by atoms with Gasteiger partial charge in [0, 0.05) is 25.8 Å². The molecular formula is C15H17BrClNOS. The van der Waals surface area contributed by atoms with E-state index in [1.165, 1.54) is 9.75 Å². The molecule has 0 bridgehead atoms. The van der Waals surface area contributed by atoms with E-state index < -0.39 is 0 Å². The van der Waals surface area contributed by atoms with Gasteiger partial charge >= 0.3 is 0 Å². The van der Waals surface area contributed by atoms with Gasteiger partial charge in [0.05, 0.1) is 12.3 Å². The van der Waals surface area contributed by atoms with Crippen LogP contribution in [0.3, 0.4) is 0 Å². The second-order valence-electron chi connectivity index (χ2n) is 4.46. The Labute approximate surface area is 137 Å². The van der Waals surface area contributed by atoms with Crippen molar-refractivity contribution in [1.82, 2.24) is 0 Å². The van der Waals surface area contributed by atoms with Crippen molar-refractivity contribution in [2.45, 2.75) is 26.8 Å². The predicted molar refractivity (Wildman–Crippen MR) is 91.3 cm³/mol. The summed E-state index contributed by atoms with van der Waals surface area (Å²) in [6.07, 6.45) is 0.985. The average molecular weight is 375 g/mol. The van der Waals surface area contributed by atoms with Crippen LogP contribution in [0.2, 0.25) is 5.02 Å². The van der Waals surface area contributed by atoms with Crippen LogP contribution in [0.5, 0.6) is 5.75 Å². The summed E-state index contributed by atoms with van der Waals surface area (Å²) in [5.41, 5.74) is 0.938. The minimum absolute atomic E-state index is 0.708. The standard InChI is InChI=1S/C15H17BrClNOS/c1-3-6-19-15-5-4-11(17)7-14(15)18-9-12-8-13(16)10(2)20-12/h4-5,7-8,18H,3,6,9H2,1-2H3. The molecule has 1 aromatic carbocycles.